The third-order valence-electron chi connectivity index (χ3n) is 8.72. The highest BCUT2D eigenvalue weighted by Gasteiger charge is 2.44. The first-order chi connectivity index (χ1) is 22.8. The second kappa shape index (κ2) is 10.9. The summed E-state index contributed by atoms with van der Waals surface area (Å²) in [7, 11) is 0. The monoisotopic (exact) mass is 606 g/mol. The third kappa shape index (κ3) is 5.06. The van der Waals surface area contributed by atoms with Gasteiger partial charge in [-0.15, -0.1) is 5.92 Å². The molecule has 5 heterocycles. The zero-order chi connectivity index (χ0) is 34.0. The minimum absolute atomic E-state index is 0.0593. The van der Waals surface area contributed by atoms with Gasteiger partial charge < -0.3 is 24.4 Å². The summed E-state index contributed by atoms with van der Waals surface area (Å²) in [6, 6.07) is 10.2. The Morgan fingerprint density at radius 2 is 1.98 bits per heavy atom. The van der Waals surface area contributed by atoms with Crippen LogP contribution >= 0.6 is 0 Å². The van der Waals surface area contributed by atoms with Crippen molar-refractivity contribution in [2.75, 3.05) is 25.0 Å². The van der Waals surface area contributed by atoms with Crippen LogP contribution in [0.5, 0.6) is 0 Å². The first-order valence-electron chi connectivity index (χ1n) is 16.8. The molecule has 2 aromatic heterocycles. The van der Waals surface area contributed by atoms with Crippen molar-refractivity contribution < 1.29 is 18.4 Å². The maximum Gasteiger partial charge on any atom is 0.407 e. The van der Waals surface area contributed by atoms with Gasteiger partial charge >= 0.3 is 6.09 Å². The van der Waals surface area contributed by atoms with Crippen molar-refractivity contribution >= 4 is 29.0 Å². The number of aromatic nitrogens is 4. The lowest BCUT2D eigenvalue weighted by atomic mass is 9.93. The fourth-order valence-electron chi connectivity index (χ4n) is 6.81. The van der Waals surface area contributed by atoms with Crippen LogP contribution in [0.3, 0.4) is 0 Å². The minimum Gasteiger partial charge on any atom is -0.444 e. The molecular formula is C35H37N7O3. The van der Waals surface area contributed by atoms with Crippen LogP contribution in [0.1, 0.15) is 90.5 Å². The lowest BCUT2D eigenvalue weighted by Crippen LogP contribution is -2.42. The molecule has 3 aliphatic rings. The molecule has 0 radical (unpaired) electrons. The van der Waals surface area contributed by atoms with Crippen molar-refractivity contribution in [3.63, 3.8) is 0 Å². The molecule has 1 saturated heterocycles. The number of benzene rings is 2. The molecule has 1 fully saturated rings. The molecule has 7 rings (SSSR count). The topological polar surface area (TPSA) is 105 Å². The van der Waals surface area contributed by atoms with Crippen molar-refractivity contribution in [3.8, 4) is 23.0 Å². The number of nitrogens with zero attached hydrogens (tertiary/aromatic N) is 6. The number of carbonyl (C=O) groups excluding carboxylic acids is 2. The summed E-state index contributed by atoms with van der Waals surface area (Å²) in [6.45, 7) is 5.82. The third-order valence-corrected chi connectivity index (χ3v) is 8.72. The van der Waals surface area contributed by atoms with Gasteiger partial charge in [0.25, 0.3) is 5.91 Å². The number of hydrogen-bond donors (Lipinski definition) is 1. The molecule has 2 aromatic carbocycles. The Balaban J connectivity index is 1.22. The van der Waals surface area contributed by atoms with Crippen molar-refractivity contribution in [1.29, 1.82) is 0 Å². The molecule has 2 amide bonds. The van der Waals surface area contributed by atoms with E-state index in [0.717, 1.165) is 46.5 Å². The maximum absolute atomic E-state index is 13.8. The van der Waals surface area contributed by atoms with Crippen LogP contribution in [0.4, 0.5) is 10.7 Å². The van der Waals surface area contributed by atoms with Crippen LogP contribution in [0.15, 0.2) is 48.8 Å². The van der Waals surface area contributed by atoms with Gasteiger partial charge in [0.15, 0.2) is 0 Å². The van der Waals surface area contributed by atoms with Gasteiger partial charge in [-0.3, -0.25) is 4.79 Å². The number of amides is 2. The Hall–Kier alpha value is -4.91. The number of imidazole rings is 1. The van der Waals surface area contributed by atoms with E-state index in [-0.39, 0.29) is 12.1 Å². The van der Waals surface area contributed by atoms with Crippen molar-refractivity contribution in [2.45, 2.75) is 70.7 Å². The Kier molecular flexibility index (Phi) is 6.16. The number of hydrogen-bond acceptors (Lipinski definition) is 7. The van der Waals surface area contributed by atoms with Crippen molar-refractivity contribution in [1.82, 2.24) is 29.7 Å². The number of nitrogens with one attached hydrogen (secondary N) is 1. The van der Waals surface area contributed by atoms with Gasteiger partial charge in [-0.25, -0.2) is 19.7 Å². The molecule has 4 aromatic rings. The number of anilines is 1. The van der Waals surface area contributed by atoms with Crippen LogP contribution in [0.25, 0.3) is 22.2 Å². The molecule has 0 spiro atoms. The molecule has 2 bridgehead atoms. The molecule has 3 aliphatic heterocycles. The van der Waals surface area contributed by atoms with Gasteiger partial charge in [-0.2, -0.15) is 0 Å². The minimum atomic E-state index is -2.65. The van der Waals surface area contributed by atoms with Crippen LogP contribution < -0.4 is 10.2 Å². The lowest BCUT2D eigenvalue weighted by Gasteiger charge is -2.26. The number of ether oxygens (including phenoxy) is 1. The van der Waals surface area contributed by atoms with Crippen LogP contribution in [0, 0.1) is 11.8 Å². The quantitative estimate of drug-likeness (QED) is 0.307. The van der Waals surface area contributed by atoms with E-state index >= 15 is 0 Å². The van der Waals surface area contributed by atoms with E-state index < -0.39 is 30.6 Å². The molecular weight excluding hydrogens is 566 g/mol. The summed E-state index contributed by atoms with van der Waals surface area (Å²) in [5.74, 6) is 6.70. The van der Waals surface area contributed by atoms with Gasteiger partial charge in [-0.05, 0) is 70.4 Å². The van der Waals surface area contributed by atoms with Crippen molar-refractivity contribution in [3.05, 3.63) is 71.3 Å². The lowest BCUT2D eigenvalue weighted by molar-refractivity contribution is 0.0524. The molecule has 230 valence electrons. The number of rotatable bonds is 4. The summed E-state index contributed by atoms with van der Waals surface area (Å²) in [5.41, 5.74) is 4.45. The molecule has 45 heavy (non-hydrogen) atoms. The fourth-order valence-corrected chi connectivity index (χ4v) is 6.81. The Morgan fingerprint density at radius 1 is 1.16 bits per heavy atom. The predicted octanol–water partition coefficient (Wildman–Crippen LogP) is 5.48. The molecule has 0 saturated carbocycles. The SMILES string of the molecule is [2H]C([2H])([2H])N1C(=O)c2cccc(C#CC)c2[C@H]2C[C@@H]1c1nc3ccc(-c4cnc(N5CCC[C@H]5CNC(=O)OC(C)(C)C)nc4)cc3n12. The van der Waals surface area contributed by atoms with E-state index in [2.05, 4.69) is 26.6 Å². The van der Waals surface area contributed by atoms with E-state index in [1.54, 1.807) is 31.5 Å². The number of carbonyl (C=O) groups is 2. The largest absolute Gasteiger partial charge is 0.444 e. The summed E-state index contributed by atoms with van der Waals surface area (Å²) in [4.78, 5) is 43.5. The van der Waals surface area contributed by atoms with E-state index in [1.165, 1.54) is 0 Å². The summed E-state index contributed by atoms with van der Waals surface area (Å²) in [5, 5.41) is 2.88. The Morgan fingerprint density at radius 3 is 2.73 bits per heavy atom. The normalized spacial score (nSPS) is 21.6. The second-order valence-corrected chi connectivity index (χ2v) is 12.8. The molecule has 1 N–H and O–H groups in total. The zero-order valence-electron chi connectivity index (χ0n) is 28.8. The smallest absolute Gasteiger partial charge is 0.407 e. The number of fused-ring (bicyclic) bond motifs is 9. The van der Waals surface area contributed by atoms with Gasteiger partial charge in [0, 0.05) is 71.3 Å². The van der Waals surface area contributed by atoms with E-state index in [4.69, 9.17) is 23.8 Å². The Bertz CT molecular complexity index is 1990. The molecule has 0 aliphatic carbocycles. The van der Waals surface area contributed by atoms with Crippen molar-refractivity contribution in [2.24, 2.45) is 0 Å². The highest BCUT2D eigenvalue weighted by Crippen LogP contribution is 2.48. The number of alkyl carbamates (subject to hydrolysis) is 1. The molecule has 10 nitrogen and oxygen atoms in total. The summed E-state index contributed by atoms with van der Waals surface area (Å²) in [6.07, 6.45) is 5.41. The van der Waals surface area contributed by atoms with Crippen LogP contribution in [-0.4, -0.2) is 68.1 Å². The highest BCUT2D eigenvalue weighted by atomic mass is 16.6. The van der Waals surface area contributed by atoms with E-state index in [0.29, 0.717) is 41.4 Å². The first-order valence-corrected chi connectivity index (χ1v) is 15.3. The van der Waals surface area contributed by atoms with Crippen LogP contribution in [-0.2, 0) is 4.74 Å². The summed E-state index contributed by atoms with van der Waals surface area (Å²) >= 11 is 0. The fraction of sp³-hybridized carbons (Fsp3) is 0.400. The van der Waals surface area contributed by atoms with E-state index in [9.17, 15) is 9.59 Å². The average Bonchev–Trinajstić information content (AvgIpc) is 3.71. The second-order valence-electron chi connectivity index (χ2n) is 12.8. The predicted molar refractivity (Wildman–Crippen MR) is 172 cm³/mol. The standard InChI is InChI=1S/C35H37N7O3/c1-6-9-21-10-7-12-25-30(21)28-17-29(40(5)32(25)43)31-39-26-14-13-22(16-27(26)42(28)31)23-18-36-33(37-19-23)41-15-8-11-24(41)20-38-34(44)45-35(2,3)4/h7,10,12-14,16,18-19,24,28-29H,8,11,15,17,20H2,1-5H3,(H,38,44)/t24-,28+,29+/m0/s1/i5D3. The summed E-state index contributed by atoms with van der Waals surface area (Å²) < 4.78 is 32.4. The molecule has 10 heteroatoms. The Labute approximate surface area is 267 Å². The van der Waals surface area contributed by atoms with Gasteiger partial charge in [0.1, 0.15) is 11.4 Å². The first kappa shape index (κ1) is 25.4. The maximum atomic E-state index is 13.8. The zero-order valence-corrected chi connectivity index (χ0v) is 25.8. The van der Waals surface area contributed by atoms with Gasteiger partial charge in [0.05, 0.1) is 23.1 Å². The molecule has 0 unspecified atom stereocenters. The van der Waals surface area contributed by atoms with Gasteiger partial charge in [0.2, 0.25) is 5.95 Å². The molecule has 3 atom stereocenters. The van der Waals surface area contributed by atoms with E-state index in [1.807, 2.05) is 45.0 Å². The van der Waals surface area contributed by atoms with Crippen LogP contribution in [0.2, 0.25) is 0 Å². The highest BCUT2D eigenvalue weighted by molar-refractivity contribution is 5.98. The van der Waals surface area contributed by atoms with Gasteiger partial charge in [-0.1, -0.05) is 18.1 Å². The average molecular weight is 607 g/mol.